The van der Waals surface area contributed by atoms with E-state index in [0.717, 1.165) is 6.42 Å². The number of nitrogens with zero attached hydrogens (tertiary/aromatic N) is 1. The molecular formula is C14H26N2O3. The van der Waals surface area contributed by atoms with Crippen molar-refractivity contribution in [2.45, 2.75) is 52.6 Å². The van der Waals surface area contributed by atoms with Gasteiger partial charge in [-0.1, -0.05) is 20.8 Å². The van der Waals surface area contributed by atoms with Gasteiger partial charge < -0.3 is 15.0 Å². The van der Waals surface area contributed by atoms with Crippen LogP contribution in [0.15, 0.2) is 0 Å². The minimum atomic E-state index is -0.826. The Labute approximate surface area is 115 Å². The van der Waals surface area contributed by atoms with Gasteiger partial charge in [-0.3, -0.25) is 9.59 Å². The van der Waals surface area contributed by atoms with Crippen LogP contribution in [0.5, 0.6) is 0 Å². The Morgan fingerprint density at radius 3 is 2.47 bits per heavy atom. The van der Waals surface area contributed by atoms with Gasteiger partial charge in [0.05, 0.1) is 6.61 Å². The van der Waals surface area contributed by atoms with E-state index < -0.39 is 11.6 Å². The second-order valence-corrected chi connectivity index (χ2v) is 5.91. The average Bonchev–Trinajstić information content (AvgIpc) is 2.29. The second-order valence-electron chi connectivity index (χ2n) is 5.91. The summed E-state index contributed by atoms with van der Waals surface area (Å²) in [6, 6.07) is -0.397. The Kier molecular flexibility index (Phi) is 5.35. The van der Waals surface area contributed by atoms with E-state index in [9.17, 15) is 9.59 Å². The smallest absolute Gasteiger partial charge is 0.248 e. The van der Waals surface area contributed by atoms with Crippen molar-refractivity contribution in [2.24, 2.45) is 5.92 Å². The fraction of sp³-hybridized carbons (Fsp3) is 0.857. The van der Waals surface area contributed by atoms with E-state index in [4.69, 9.17) is 4.74 Å². The predicted molar refractivity (Wildman–Crippen MR) is 73.7 cm³/mol. The molecule has 1 heterocycles. The highest BCUT2D eigenvalue weighted by Crippen LogP contribution is 2.22. The largest absolute Gasteiger partial charge is 0.380 e. The van der Waals surface area contributed by atoms with Crippen molar-refractivity contribution in [2.75, 3.05) is 19.8 Å². The highest BCUT2D eigenvalue weighted by atomic mass is 16.5. The Morgan fingerprint density at radius 1 is 1.32 bits per heavy atom. The molecule has 0 aliphatic carbocycles. The number of rotatable bonds is 6. The first-order valence-corrected chi connectivity index (χ1v) is 7.02. The maximum atomic E-state index is 12.4. The molecule has 1 fully saturated rings. The molecule has 0 aromatic rings. The fourth-order valence-electron chi connectivity index (χ4n) is 2.37. The molecule has 0 saturated carbocycles. The lowest BCUT2D eigenvalue weighted by molar-refractivity contribution is -0.156. The highest BCUT2D eigenvalue weighted by Gasteiger charge is 2.45. The van der Waals surface area contributed by atoms with Crippen LogP contribution < -0.4 is 5.32 Å². The highest BCUT2D eigenvalue weighted by molar-refractivity contribution is 5.99. The first-order valence-electron chi connectivity index (χ1n) is 7.02. The van der Waals surface area contributed by atoms with E-state index in [1.165, 1.54) is 0 Å². The summed E-state index contributed by atoms with van der Waals surface area (Å²) in [6.07, 6.45) is 0.952. The van der Waals surface area contributed by atoms with Crippen LogP contribution in [0.1, 0.15) is 41.0 Å². The van der Waals surface area contributed by atoms with E-state index >= 15 is 0 Å². The minimum absolute atomic E-state index is 0.0362. The van der Waals surface area contributed by atoms with Crippen LogP contribution >= 0.6 is 0 Å². The molecule has 0 aromatic carbocycles. The third-order valence-corrected chi connectivity index (χ3v) is 3.29. The molecule has 2 amide bonds. The van der Waals surface area contributed by atoms with Crippen LogP contribution in [0.4, 0.5) is 0 Å². The van der Waals surface area contributed by atoms with E-state index in [1.54, 1.807) is 18.7 Å². The third-order valence-electron chi connectivity index (χ3n) is 3.29. The van der Waals surface area contributed by atoms with E-state index in [2.05, 4.69) is 5.32 Å². The number of carbonyl (C=O) groups is 2. The Hall–Kier alpha value is -1.10. The number of hydrogen-bond donors (Lipinski definition) is 1. The molecule has 5 nitrogen and oxygen atoms in total. The Morgan fingerprint density at radius 2 is 1.95 bits per heavy atom. The standard InChI is InChI=1S/C14H26N2O3/c1-6-8-19-9-7-16-11(10(2)3)12(17)15-14(4,5)13(16)18/h10-11H,6-9H2,1-5H3,(H,15,17). The van der Waals surface area contributed by atoms with Crippen LogP contribution in [0.2, 0.25) is 0 Å². The average molecular weight is 270 g/mol. The van der Waals surface area contributed by atoms with E-state index in [0.29, 0.717) is 19.8 Å². The molecule has 1 saturated heterocycles. The zero-order valence-electron chi connectivity index (χ0n) is 12.7. The van der Waals surface area contributed by atoms with Gasteiger partial charge in [0.1, 0.15) is 11.6 Å². The van der Waals surface area contributed by atoms with Gasteiger partial charge in [-0.2, -0.15) is 0 Å². The van der Waals surface area contributed by atoms with Gasteiger partial charge >= 0.3 is 0 Å². The van der Waals surface area contributed by atoms with Crippen molar-refractivity contribution in [3.8, 4) is 0 Å². The molecule has 1 aliphatic rings. The Bertz CT molecular complexity index is 340. The number of carbonyl (C=O) groups excluding carboxylic acids is 2. The summed E-state index contributed by atoms with van der Waals surface area (Å²) < 4.78 is 5.44. The van der Waals surface area contributed by atoms with Crippen LogP contribution in [-0.4, -0.2) is 48.1 Å². The van der Waals surface area contributed by atoms with Crippen molar-refractivity contribution < 1.29 is 14.3 Å². The number of ether oxygens (including phenoxy) is 1. The molecular weight excluding hydrogens is 244 g/mol. The quantitative estimate of drug-likeness (QED) is 0.737. The van der Waals surface area contributed by atoms with Gasteiger partial charge in [0, 0.05) is 13.2 Å². The van der Waals surface area contributed by atoms with Crippen LogP contribution in [0, 0.1) is 5.92 Å². The van der Waals surface area contributed by atoms with Gasteiger partial charge in [-0.25, -0.2) is 0 Å². The van der Waals surface area contributed by atoms with Gasteiger partial charge in [0.2, 0.25) is 11.8 Å². The van der Waals surface area contributed by atoms with Crippen LogP contribution in [0.25, 0.3) is 0 Å². The molecule has 1 unspecified atom stereocenters. The van der Waals surface area contributed by atoms with Crippen molar-refractivity contribution in [1.29, 1.82) is 0 Å². The molecule has 1 rings (SSSR count). The van der Waals surface area contributed by atoms with Gasteiger partial charge in [0.25, 0.3) is 0 Å². The van der Waals surface area contributed by atoms with E-state index in [1.807, 2.05) is 20.8 Å². The normalized spacial score (nSPS) is 22.8. The number of hydrogen-bond acceptors (Lipinski definition) is 3. The van der Waals surface area contributed by atoms with Gasteiger partial charge in [0.15, 0.2) is 0 Å². The molecule has 110 valence electrons. The lowest BCUT2D eigenvalue weighted by atomic mass is 9.91. The zero-order valence-corrected chi connectivity index (χ0v) is 12.7. The van der Waals surface area contributed by atoms with Crippen molar-refractivity contribution in [3.63, 3.8) is 0 Å². The summed E-state index contributed by atoms with van der Waals surface area (Å²) in [5.74, 6) is -0.0211. The summed E-state index contributed by atoms with van der Waals surface area (Å²) in [5.41, 5.74) is -0.826. The molecule has 0 aromatic heterocycles. The monoisotopic (exact) mass is 270 g/mol. The molecule has 1 atom stereocenters. The van der Waals surface area contributed by atoms with Gasteiger partial charge in [-0.05, 0) is 26.2 Å². The van der Waals surface area contributed by atoms with E-state index in [-0.39, 0.29) is 17.7 Å². The van der Waals surface area contributed by atoms with Crippen molar-refractivity contribution in [1.82, 2.24) is 10.2 Å². The Balaban J connectivity index is 2.78. The lowest BCUT2D eigenvalue weighted by Crippen LogP contribution is -2.69. The SMILES string of the molecule is CCCOCCN1C(=O)C(C)(C)NC(=O)C1C(C)C. The minimum Gasteiger partial charge on any atom is -0.380 e. The predicted octanol–water partition coefficient (Wildman–Crippen LogP) is 1.17. The zero-order chi connectivity index (χ0) is 14.6. The molecule has 0 bridgehead atoms. The fourth-order valence-corrected chi connectivity index (χ4v) is 2.37. The molecule has 0 radical (unpaired) electrons. The lowest BCUT2D eigenvalue weighted by Gasteiger charge is -2.44. The second kappa shape index (κ2) is 6.37. The molecule has 0 spiro atoms. The summed E-state index contributed by atoms with van der Waals surface area (Å²) in [7, 11) is 0. The summed E-state index contributed by atoms with van der Waals surface area (Å²) >= 11 is 0. The van der Waals surface area contributed by atoms with Gasteiger partial charge in [-0.15, -0.1) is 0 Å². The first kappa shape index (κ1) is 16.0. The summed E-state index contributed by atoms with van der Waals surface area (Å²) in [4.78, 5) is 26.2. The summed E-state index contributed by atoms with van der Waals surface area (Å²) in [6.45, 7) is 11.1. The molecule has 5 heteroatoms. The van der Waals surface area contributed by atoms with Crippen LogP contribution in [-0.2, 0) is 14.3 Å². The maximum Gasteiger partial charge on any atom is 0.248 e. The number of piperazine rings is 1. The molecule has 19 heavy (non-hydrogen) atoms. The molecule has 1 aliphatic heterocycles. The maximum absolute atomic E-state index is 12.4. The molecule has 1 N–H and O–H groups in total. The van der Waals surface area contributed by atoms with Crippen molar-refractivity contribution in [3.05, 3.63) is 0 Å². The van der Waals surface area contributed by atoms with Crippen molar-refractivity contribution >= 4 is 11.8 Å². The first-order chi connectivity index (χ1) is 8.81. The topological polar surface area (TPSA) is 58.6 Å². The van der Waals surface area contributed by atoms with Crippen LogP contribution in [0.3, 0.4) is 0 Å². The third kappa shape index (κ3) is 3.69. The summed E-state index contributed by atoms with van der Waals surface area (Å²) in [5, 5.41) is 2.80. The number of nitrogens with one attached hydrogen (secondary N) is 1. The number of amides is 2.